The molecule has 0 bridgehead atoms. The first-order valence-electron chi connectivity index (χ1n) is 5.66. The van der Waals surface area contributed by atoms with E-state index in [2.05, 4.69) is 24.3 Å². The molecule has 0 saturated heterocycles. The SMILES string of the molecule is O=C1[CH]c2ccccc2C2C=CC=CC2C1. The monoisotopic (exact) mass is 209 g/mol. The molecule has 0 amide bonds. The van der Waals surface area contributed by atoms with E-state index in [1.165, 1.54) is 5.56 Å². The lowest BCUT2D eigenvalue weighted by molar-refractivity contribution is -0.116. The van der Waals surface area contributed by atoms with Gasteiger partial charge in [-0.15, -0.1) is 0 Å². The Morgan fingerprint density at radius 2 is 1.88 bits per heavy atom. The highest BCUT2D eigenvalue weighted by Crippen LogP contribution is 2.37. The van der Waals surface area contributed by atoms with E-state index in [-0.39, 0.29) is 5.78 Å². The predicted molar refractivity (Wildman–Crippen MR) is 64.0 cm³/mol. The van der Waals surface area contributed by atoms with Crippen LogP contribution >= 0.6 is 0 Å². The first-order valence-corrected chi connectivity index (χ1v) is 5.66. The van der Waals surface area contributed by atoms with Crippen LogP contribution in [0.1, 0.15) is 23.5 Å². The number of carbonyl (C=O) groups excluding carboxylic acids is 1. The molecule has 0 N–H and O–H groups in total. The van der Waals surface area contributed by atoms with Crippen molar-refractivity contribution in [3.63, 3.8) is 0 Å². The third-order valence-electron chi connectivity index (χ3n) is 3.36. The summed E-state index contributed by atoms with van der Waals surface area (Å²) in [4.78, 5) is 11.8. The van der Waals surface area contributed by atoms with Gasteiger partial charge >= 0.3 is 0 Å². The van der Waals surface area contributed by atoms with E-state index in [1.54, 1.807) is 6.42 Å². The minimum Gasteiger partial charge on any atom is -0.299 e. The zero-order valence-electron chi connectivity index (χ0n) is 8.97. The first-order chi connectivity index (χ1) is 7.84. The molecule has 0 spiro atoms. The molecule has 3 rings (SSSR count). The molecule has 16 heavy (non-hydrogen) atoms. The van der Waals surface area contributed by atoms with Gasteiger partial charge in [0.2, 0.25) is 0 Å². The standard InChI is InChI=1S/C15H13O/c16-13-9-11-5-1-3-7-14(11)15-8-4-2-6-12(15)10-13/h1-9,12,15H,10H2. The van der Waals surface area contributed by atoms with Crippen LogP contribution in [0, 0.1) is 12.3 Å². The topological polar surface area (TPSA) is 17.1 Å². The number of ketones is 1. The molecule has 1 radical (unpaired) electrons. The molecule has 0 aromatic heterocycles. The average molecular weight is 209 g/mol. The summed E-state index contributed by atoms with van der Waals surface area (Å²) < 4.78 is 0. The van der Waals surface area contributed by atoms with Crippen molar-refractivity contribution in [2.45, 2.75) is 12.3 Å². The Bertz CT molecular complexity index is 482. The van der Waals surface area contributed by atoms with Crippen molar-refractivity contribution >= 4 is 5.78 Å². The van der Waals surface area contributed by atoms with Gasteiger partial charge in [-0.05, 0) is 17.0 Å². The molecule has 79 valence electrons. The Kier molecular flexibility index (Phi) is 2.24. The summed E-state index contributed by atoms with van der Waals surface area (Å²) >= 11 is 0. The Hall–Kier alpha value is -1.63. The summed E-state index contributed by atoms with van der Waals surface area (Å²) in [6.45, 7) is 0. The van der Waals surface area contributed by atoms with Crippen molar-refractivity contribution in [2.75, 3.05) is 0 Å². The molecule has 2 aliphatic carbocycles. The maximum atomic E-state index is 11.8. The molecule has 2 aliphatic rings. The number of allylic oxidation sites excluding steroid dienone is 4. The second kappa shape index (κ2) is 3.75. The summed E-state index contributed by atoms with van der Waals surface area (Å²) in [7, 11) is 0. The smallest absolute Gasteiger partial charge is 0.142 e. The molecule has 0 saturated carbocycles. The summed E-state index contributed by atoms with van der Waals surface area (Å²) in [5.74, 6) is 0.932. The van der Waals surface area contributed by atoms with Crippen LogP contribution in [0.4, 0.5) is 0 Å². The van der Waals surface area contributed by atoms with E-state index in [1.807, 2.05) is 24.3 Å². The molecule has 1 aromatic rings. The number of rotatable bonds is 0. The van der Waals surface area contributed by atoms with Crippen LogP contribution in [0.2, 0.25) is 0 Å². The summed E-state index contributed by atoms with van der Waals surface area (Å²) in [6, 6.07) is 8.20. The van der Waals surface area contributed by atoms with Gasteiger partial charge in [0.05, 0.1) is 6.42 Å². The van der Waals surface area contributed by atoms with Crippen molar-refractivity contribution < 1.29 is 4.79 Å². The van der Waals surface area contributed by atoms with Gasteiger partial charge < -0.3 is 0 Å². The first kappa shape index (κ1) is 9.59. The molecule has 1 heteroatoms. The van der Waals surface area contributed by atoms with Crippen LogP contribution in [-0.4, -0.2) is 5.78 Å². The maximum Gasteiger partial charge on any atom is 0.142 e. The van der Waals surface area contributed by atoms with Crippen molar-refractivity contribution in [1.82, 2.24) is 0 Å². The number of hydrogen-bond donors (Lipinski definition) is 0. The number of fused-ring (bicyclic) bond motifs is 3. The molecule has 0 fully saturated rings. The van der Waals surface area contributed by atoms with Gasteiger partial charge in [-0.3, -0.25) is 4.79 Å². The van der Waals surface area contributed by atoms with Crippen LogP contribution in [0.3, 0.4) is 0 Å². The van der Waals surface area contributed by atoms with Gasteiger partial charge in [0.15, 0.2) is 0 Å². The van der Waals surface area contributed by atoms with Gasteiger partial charge in [0.25, 0.3) is 0 Å². The second-order valence-corrected chi connectivity index (χ2v) is 4.40. The number of benzene rings is 1. The quantitative estimate of drug-likeness (QED) is 0.642. The van der Waals surface area contributed by atoms with Crippen LogP contribution in [0.25, 0.3) is 0 Å². The van der Waals surface area contributed by atoms with E-state index in [4.69, 9.17) is 0 Å². The Balaban J connectivity index is 2.12. The number of hydrogen-bond acceptors (Lipinski definition) is 1. The minimum absolute atomic E-state index is 0.236. The highest BCUT2D eigenvalue weighted by Gasteiger charge is 2.28. The molecular formula is C15H13O. The zero-order valence-corrected chi connectivity index (χ0v) is 8.97. The van der Waals surface area contributed by atoms with Crippen molar-refractivity contribution in [1.29, 1.82) is 0 Å². The van der Waals surface area contributed by atoms with Crippen molar-refractivity contribution in [3.8, 4) is 0 Å². The Morgan fingerprint density at radius 1 is 1.06 bits per heavy atom. The largest absolute Gasteiger partial charge is 0.299 e. The molecule has 0 heterocycles. The molecule has 2 atom stereocenters. The molecule has 1 aromatic carbocycles. The number of Topliss-reactive ketones (excluding diaryl/α,β-unsaturated/α-hetero) is 1. The van der Waals surface area contributed by atoms with Gasteiger partial charge in [0, 0.05) is 12.3 Å². The molecule has 0 aliphatic heterocycles. The van der Waals surface area contributed by atoms with Crippen LogP contribution in [0.15, 0.2) is 48.6 Å². The van der Waals surface area contributed by atoms with E-state index in [9.17, 15) is 4.79 Å². The van der Waals surface area contributed by atoms with Crippen LogP contribution in [0.5, 0.6) is 0 Å². The second-order valence-electron chi connectivity index (χ2n) is 4.40. The predicted octanol–water partition coefficient (Wildman–Crippen LogP) is 3.04. The van der Waals surface area contributed by atoms with Crippen LogP contribution < -0.4 is 0 Å². The third-order valence-corrected chi connectivity index (χ3v) is 3.36. The minimum atomic E-state index is 0.236. The number of carbonyl (C=O) groups is 1. The summed E-state index contributed by atoms with van der Waals surface area (Å²) in [5, 5.41) is 0. The molecule has 2 unspecified atom stereocenters. The normalized spacial score (nSPS) is 27.1. The van der Waals surface area contributed by atoms with E-state index in [0.717, 1.165) is 5.56 Å². The Labute approximate surface area is 95.5 Å². The fourth-order valence-corrected chi connectivity index (χ4v) is 2.59. The van der Waals surface area contributed by atoms with Gasteiger partial charge in [-0.25, -0.2) is 0 Å². The third kappa shape index (κ3) is 1.53. The van der Waals surface area contributed by atoms with E-state index in [0.29, 0.717) is 18.3 Å². The average Bonchev–Trinajstić information content (AvgIpc) is 2.44. The lowest BCUT2D eigenvalue weighted by atomic mass is 9.81. The van der Waals surface area contributed by atoms with Crippen LogP contribution in [-0.2, 0) is 4.79 Å². The van der Waals surface area contributed by atoms with Crippen molar-refractivity contribution in [3.05, 3.63) is 66.1 Å². The fraction of sp³-hybridized carbons (Fsp3) is 0.200. The van der Waals surface area contributed by atoms with E-state index < -0.39 is 0 Å². The van der Waals surface area contributed by atoms with Gasteiger partial charge in [-0.1, -0.05) is 48.6 Å². The molecular weight excluding hydrogens is 196 g/mol. The van der Waals surface area contributed by atoms with Gasteiger partial charge in [0.1, 0.15) is 5.78 Å². The van der Waals surface area contributed by atoms with E-state index >= 15 is 0 Å². The lowest BCUT2D eigenvalue weighted by Crippen LogP contribution is -2.12. The Morgan fingerprint density at radius 3 is 2.81 bits per heavy atom. The summed E-state index contributed by atoms with van der Waals surface area (Å²) in [5.41, 5.74) is 2.36. The zero-order chi connectivity index (χ0) is 11.0. The highest BCUT2D eigenvalue weighted by molar-refractivity contribution is 5.92. The highest BCUT2D eigenvalue weighted by atomic mass is 16.1. The molecule has 1 nitrogen and oxygen atoms in total. The fourth-order valence-electron chi connectivity index (χ4n) is 2.59. The lowest BCUT2D eigenvalue weighted by Gasteiger charge is -2.22. The maximum absolute atomic E-state index is 11.8. The summed E-state index contributed by atoms with van der Waals surface area (Å²) in [6.07, 6.45) is 10.9. The van der Waals surface area contributed by atoms with Crippen molar-refractivity contribution in [2.24, 2.45) is 5.92 Å². The van der Waals surface area contributed by atoms with Gasteiger partial charge in [-0.2, -0.15) is 0 Å².